The molecule has 4 heteroatoms. The Morgan fingerprint density at radius 3 is 1.80 bits per heavy atom. The van der Waals surface area contributed by atoms with Crippen molar-refractivity contribution in [1.82, 2.24) is 14.5 Å². The van der Waals surface area contributed by atoms with Crippen LogP contribution in [0.1, 0.15) is 5.56 Å². The van der Waals surface area contributed by atoms with Crippen LogP contribution in [0.3, 0.4) is 0 Å². The summed E-state index contributed by atoms with van der Waals surface area (Å²) in [6, 6.07) is 51.5. The summed E-state index contributed by atoms with van der Waals surface area (Å²) in [7, 11) is 0. The Morgan fingerprint density at radius 1 is 0.529 bits per heavy atom. The lowest BCUT2D eigenvalue weighted by atomic mass is 9.94. The van der Waals surface area contributed by atoms with Gasteiger partial charge in [0.25, 0.3) is 0 Å². The first-order chi connectivity index (χ1) is 25.2. The van der Waals surface area contributed by atoms with Crippen LogP contribution in [0, 0.1) is 0 Å². The highest BCUT2D eigenvalue weighted by atomic mass is 32.2. The number of hydrogen-bond acceptors (Lipinski definition) is 3. The molecule has 9 rings (SSSR count). The second kappa shape index (κ2) is 13.2. The predicted molar refractivity (Wildman–Crippen MR) is 216 cm³/mol. The van der Waals surface area contributed by atoms with Gasteiger partial charge in [-0.1, -0.05) is 104 Å². The molecule has 0 fully saturated rings. The lowest BCUT2D eigenvalue weighted by molar-refractivity contribution is 1.24. The second-order valence-electron chi connectivity index (χ2n) is 12.6. The Kier molecular flexibility index (Phi) is 8.00. The molecule has 3 nitrogen and oxygen atoms in total. The van der Waals surface area contributed by atoms with Gasteiger partial charge in [0.1, 0.15) is 0 Å². The van der Waals surface area contributed by atoms with Crippen LogP contribution in [-0.2, 0) is 0 Å². The van der Waals surface area contributed by atoms with Crippen molar-refractivity contribution >= 4 is 44.8 Å². The fourth-order valence-electron chi connectivity index (χ4n) is 7.20. The van der Waals surface area contributed by atoms with E-state index < -0.39 is 0 Å². The maximum Gasteiger partial charge on any atom is 0.0708 e. The second-order valence-corrected chi connectivity index (χ2v) is 13.7. The van der Waals surface area contributed by atoms with E-state index in [0.717, 1.165) is 67.3 Å². The van der Waals surface area contributed by atoms with Gasteiger partial charge in [-0.15, -0.1) is 11.8 Å². The summed E-state index contributed by atoms with van der Waals surface area (Å²) in [5, 5.41) is 2.43. The molecule has 0 amide bonds. The van der Waals surface area contributed by atoms with Gasteiger partial charge in [-0.25, -0.2) is 0 Å². The maximum absolute atomic E-state index is 4.67. The van der Waals surface area contributed by atoms with E-state index in [1.807, 2.05) is 48.4 Å². The van der Waals surface area contributed by atoms with Gasteiger partial charge in [0, 0.05) is 50.6 Å². The van der Waals surface area contributed by atoms with Gasteiger partial charge in [-0.05, 0) is 100 Å². The zero-order valence-corrected chi connectivity index (χ0v) is 28.7. The summed E-state index contributed by atoms with van der Waals surface area (Å²) in [6.45, 7) is 4.67. The fraction of sp³-hybridized carbons (Fsp3) is 0.0213. The zero-order chi connectivity index (χ0) is 34.1. The van der Waals surface area contributed by atoms with Crippen LogP contribution < -0.4 is 0 Å². The summed E-state index contributed by atoms with van der Waals surface area (Å²) in [5.41, 5.74) is 14.3. The molecular formula is C47H33N3S. The molecule has 242 valence electrons. The average Bonchev–Trinajstić information content (AvgIpc) is 3.56. The minimum Gasteiger partial charge on any atom is -0.309 e. The number of benzene rings is 5. The molecule has 0 unspecified atom stereocenters. The summed E-state index contributed by atoms with van der Waals surface area (Å²) in [4.78, 5) is 10.6. The molecule has 0 bridgehead atoms. The molecule has 0 spiro atoms. The van der Waals surface area contributed by atoms with Crippen molar-refractivity contribution in [1.29, 1.82) is 0 Å². The molecule has 4 heterocycles. The van der Waals surface area contributed by atoms with E-state index in [-0.39, 0.29) is 0 Å². The highest BCUT2D eigenvalue weighted by Gasteiger charge is 2.18. The molecule has 3 aromatic heterocycles. The van der Waals surface area contributed by atoms with Gasteiger partial charge in [-0.3, -0.25) is 9.97 Å². The summed E-state index contributed by atoms with van der Waals surface area (Å²) in [6.07, 6.45) is 10.5. The lowest BCUT2D eigenvalue weighted by Crippen LogP contribution is -1.96. The van der Waals surface area contributed by atoms with Crippen LogP contribution in [0.5, 0.6) is 0 Å². The Labute approximate surface area is 302 Å². The third-order valence-electron chi connectivity index (χ3n) is 9.56. The van der Waals surface area contributed by atoms with E-state index >= 15 is 0 Å². The summed E-state index contributed by atoms with van der Waals surface area (Å²) < 4.78 is 2.39. The van der Waals surface area contributed by atoms with Crippen molar-refractivity contribution in [2.24, 2.45) is 0 Å². The molecule has 1 aliphatic rings. The number of rotatable bonds is 5. The summed E-state index contributed by atoms with van der Waals surface area (Å²) >= 11 is 1.84. The highest BCUT2D eigenvalue weighted by Crippen LogP contribution is 2.41. The minimum absolute atomic E-state index is 0.854. The van der Waals surface area contributed by atoms with Gasteiger partial charge >= 0.3 is 0 Å². The SMILES string of the molecule is C=C1/C=C(n2c3ccccc3c3cc(-c4ccccc4-c4ccccn4)ccc32)\C=C/CSc2ccc(-c3ccccc3-c3ccccn3)cc21. The number of fused-ring (bicyclic) bond motifs is 4. The Bertz CT molecular complexity index is 2650. The lowest BCUT2D eigenvalue weighted by Gasteiger charge is -2.15. The van der Waals surface area contributed by atoms with E-state index in [4.69, 9.17) is 0 Å². The number of pyridine rings is 2. The first-order valence-corrected chi connectivity index (χ1v) is 18.1. The van der Waals surface area contributed by atoms with Crippen LogP contribution in [0.25, 0.3) is 77.8 Å². The average molecular weight is 672 g/mol. The van der Waals surface area contributed by atoms with Crippen molar-refractivity contribution in [2.75, 3.05) is 5.75 Å². The van der Waals surface area contributed by atoms with Crippen LogP contribution in [-0.4, -0.2) is 20.3 Å². The van der Waals surface area contributed by atoms with Crippen LogP contribution >= 0.6 is 11.8 Å². The van der Waals surface area contributed by atoms with Gasteiger partial charge in [0.05, 0.1) is 22.4 Å². The van der Waals surface area contributed by atoms with Gasteiger partial charge < -0.3 is 4.57 Å². The van der Waals surface area contributed by atoms with Crippen molar-refractivity contribution < 1.29 is 0 Å². The molecule has 0 N–H and O–H groups in total. The normalized spacial score (nSPS) is 14.7. The number of para-hydroxylation sites is 1. The van der Waals surface area contributed by atoms with Gasteiger partial charge in [0.2, 0.25) is 0 Å². The van der Waals surface area contributed by atoms with Crippen molar-refractivity contribution in [2.45, 2.75) is 4.90 Å². The molecule has 0 aliphatic carbocycles. The number of hydrogen-bond donors (Lipinski definition) is 0. The third kappa shape index (κ3) is 5.70. The molecule has 5 aromatic carbocycles. The van der Waals surface area contributed by atoms with Gasteiger partial charge in [0.15, 0.2) is 0 Å². The topological polar surface area (TPSA) is 30.7 Å². The number of thioether (sulfide) groups is 1. The van der Waals surface area contributed by atoms with Crippen LogP contribution in [0.4, 0.5) is 0 Å². The monoisotopic (exact) mass is 671 g/mol. The highest BCUT2D eigenvalue weighted by molar-refractivity contribution is 7.99. The predicted octanol–water partition coefficient (Wildman–Crippen LogP) is 12.5. The Morgan fingerprint density at radius 2 is 1.12 bits per heavy atom. The van der Waals surface area contributed by atoms with Crippen molar-refractivity contribution in [3.8, 4) is 44.8 Å². The van der Waals surface area contributed by atoms with E-state index in [1.54, 1.807) is 0 Å². The maximum atomic E-state index is 4.67. The molecule has 8 aromatic rings. The van der Waals surface area contributed by atoms with E-state index in [2.05, 4.69) is 161 Å². The molecule has 0 saturated heterocycles. The molecular weight excluding hydrogens is 639 g/mol. The molecule has 0 saturated carbocycles. The van der Waals surface area contributed by atoms with Crippen molar-refractivity contribution in [3.05, 3.63) is 188 Å². The first kappa shape index (κ1) is 30.8. The Hall–Kier alpha value is -6.23. The number of aromatic nitrogens is 3. The zero-order valence-electron chi connectivity index (χ0n) is 27.9. The number of nitrogens with zero attached hydrogens (tertiary/aromatic N) is 3. The number of allylic oxidation sites excluding steroid dienone is 4. The van der Waals surface area contributed by atoms with Crippen LogP contribution in [0.15, 0.2) is 188 Å². The quantitative estimate of drug-likeness (QED) is 0.182. The standard InChI is InChI=1S/C47H33N3S/c1-32-29-35(13-12-28-51-47-25-23-34(30-41(32)47)37-15-3-5-17-39(37)44-20-9-11-27-49-44)50-45-21-7-6-18-40(45)42-31-33(22-24-46(42)50)36-14-2-4-16-38(36)43-19-8-10-26-48-43/h2-27,29-31H,1,28H2/b13-12-,35-29+. The molecule has 1 aliphatic heterocycles. The third-order valence-corrected chi connectivity index (χ3v) is 10.6. The molecule has 0 atom stereocenters. The minimum atomic E-state index is 0.854. The Balaban J connectivity index is 1.17. The summed E-state index contributed by atoms with van der Waals surface area (Å²) in [5.74, 6) is 0.854. The van der Waals surface area contributed by atoms with E-state index in [9.17, 15) is 0 Å². The fourth-order valence-corrected chi connectivity index (χ4v) is 8.09. The van der Waals surface area contributed by atoms with Gasteiger partial charge in [-0.2, -0.15) is 0 Å². The first-order valence-electron chi connectivity index (χ1n) is 17.1. The van der Waals surface area contributed by atoms with E-state index in [0.29, 0.717) is 0 Å². The largest absolute Gasteiger partial charge is 0.309 e. The van der Waals surface area contributed by atoms with E-state index in [1.165, 1.54) is 26.8 Å². The molecule has 0 radical (unpaired) electrons. The van der Waals surface area contributed by atoms with Crippen LogP contribution in [0.2, 0.25) is 0 Å². The molecule has 51 heavy (non-hydrogen) atoms. The van der Waals surface area contributed by atoms with Crippen molar-refractivity contribution in [3.63, 3.8) is 0 Å². The smallest absolute Gasteiger partial charge is 0.0708 e.